The molecule has 90 valence electrons. The molecule has 3 nitrogen and oxygen atoms in total. The Hall–Kier alpha value is -0.950. The van der Waals surface area contributed by atoms with Crippen molar-refractivity contribution < 1.29 is 22.6 Å². The van der Waals surface area contributed by atoms with Crippen LogP contribution in [0.5, 0.6) is 5.75 Å². The first-order chi connectivity index (χ1) is 7.37. The van der Waals surface area contributed by atoms with Gasteiger partial charge in [-0.05, 0) is 12.1 Å². The molecule has 0 unspecified atom stereocenters. The van der Waals surface area contributed by atoms with Gasteiger partial charge < -0.3 is 10.5 Å². The van der Waals surface area contributed by atoms with Gasteiger partial charge in [-0.15, -0.1) is 13.2 Å². The third-order valence-electron chi connectivity index (χ3n) is 1.51. The van der Waals surface area contributed by atoms with Crippen LogP contribution in [0, 0.1) is 0 Å². The highest BCUT2D eigenvalue weighted by atomic mass is 79.9. The number of anilines is 1. The van der Waals surface area contributed by atoms with Crippen LogP contribution in [0.4, 0.5) is 18.9 Å². The summed E-state index contributed by atoms with van der Waals surface area (Å²) in [4.78, 5) is 0. The Kier molecular flexibility index (Phi) is 4.43. The minimum Gasteiger partial charge on any atom is -0.491 e. The Balaban J connectivity index is 2.37. The fourth-order valence-corrected chi connectivity index (χ4v) is 1.47. The Bertz CT molecular complexity index is 337. The summed E-state index contributed by atoms with van der Waals surface area (Å²) in [5, 5.41) is 0. The van der Waals surface area contributed by atoms with Crippen LogP contribution in [-0.2, 0) is 4.74 Å². The minimum absolute atomic E-state index is 0.199. The van der Waals surface area contributed by atoms with Gasteiger partial charge in [0.05, 0.1) is 6.61 Å². The molecule has 0 saturated carbocycles. The minimum atomic E-state index is -4.63. The number of halogens is 4. The SMILES string of the molecule is Nc1cc(Br)cc(OCCOC(F)(F)F)c1. The van der Waals surface area contributed by atoms with Crippen LogP contribution in [0.2, 0.25) is 0 Å². The maximum Gasteiger partial charge on any atom is 0.522 e. The normalized spacial score (nSPS) is 11.5. The molecule has 1 rings (SSSR count). The number of nitrogen functional groups attached to an aromatic ring is 1. The third kappa shape index (κ3) is 5.22. The summed E-state index contributed by atoms with van der Waals surface area (Å²) < 4.78 is 44.1. The largest absolute Gasteiger partial charge is 0.522 e. The molecule has 0 fully saturated rings. The van der Waals surface area contributed by atoms with Gasteiger partial charge in [0.15, 0.2) is 0 Å². The summed E-state index contributed by atoms with van der Waals surface area (Å²) >= 11 is 3.18. The van der Waals surface area contributed by atoms with E-state index in [1.165, 1.54) is 6.07 Å². The van der Waals surface area contributed by atoms with E-state index in [2.05, 4.69) is 20.7 Å². The zero-order valence-electron chi connectivity index (χ0n) is 8.05. The Labute approximate surface area is 98.5 Å². The zero-order chi connectivity index (χ0) is 12.2. The van der Waals surface area contributed by atoms with E-state index in [9.17, 15) is 13.2 Å². The molecule has 0 aliphatic rings. The summed E-state index contributed by atoms with van der Waals surface area (Å²) in [6.07, 6.45) is -4.63. The van der Waals surface area contributed by atoms with Gasteiger partial charge in [-0.3, -0.25) is 4.74 Å². The molecular weight excluding hydrogens is 291 g/mol. The second kappa shape index (κ2) is 5.40. The average molecular weight is 300 g/mol. The highest BCUT2D eigenvalue weighted by molar-refractivity contribution is 9.10. The van der Waals surface area contributed by atoms with Crippen LogP contribution in [0.25, 0.3) is 0 Å². The molecule has 0 spiro atoms. The summed E-state index contributed by atoms with van der Waals surface area (Å²) in [7, 11) is 0. The van der Waals surface area contributed by atoms with E-state index in [1.54, 1.807) is 12.1 Å². The first-order valence-electron chi connectivity index (χ1n) is 4.26. The van der Waals surface area contributed by atoms with Gasteiger partial charge in [0, 0.05) is 16.2 Å². The number of benzene rings is 1. The molecule has 0 bridgehead atoms. The number of hydrogen-bond donors (Lipinski definition) is 1. The predicted molar refractivity (Wildman–Crippen MR) is 56.1 cm³/mol. The number of ether oxygens (including phenoxy) is 2. The van der Waals surface area contributed by atoms with E-state index >= 15 is 0 Å². The van der Waals surface area contributed by atoms with Crippen LogP contribution in [0.3, 0.4) is 0 Å². The van der Waals surface area contributed by atoms with Crippen LogP contribution < -0.4 is 10.5 Å². The molecule has 1 aromatic rings. The lowest BCUT2D eigenvalue weighted by molar-refractivity contribution is -0.325. The fraction of sp³-hybridized carbons (Fsp3) is 0.333. The molecule has 16 heavy (non-hydrogen) atoms. The van der Waals surface area contributed by atoms with E-state index in [4.69, 9.17) is 10.5 Å². The summed E-state index contributed by atoms with van der Waals surface area (Å²) in [6, 6.07) is 4.77. The molecule has 0 heterocycles. The standard InChI is InChI=1S/C9H9BrF3NO2/c10-6-3-7(14)5-8(4-6)15-1-2-16-9(11,12)13/h3-5H,1-2,14H2. The first-order valence-corrected chi connectivity index (χ1v) is 5.06. The molecule has 0 saturated heterocycles. The van der Waals surface area contributed by atoms with E-state index in [0.29, 0.717) is 15.9 Å². The molecule has 0 aromatic heterocycles. The van der Waals surface area contributed by atoms with Crippen LogP contribution in [0.1, 0.15) is 0 Å². The van der Waals surface area contributed by atoms with Crippen molar-refractivity contribution in [1.82, 2.24) is 0 Å². The molecule has 7 heteroatoms. The number of hydrogen-bond acceptors (Lipinski definition) is 3. The van der Waals surface area contributed by atoms with Crippen molar-refractivity contribution >= 4 is 21.6 Å². The molecule has 0 amide bonds. The molecule has 0 atom stereocenters. The second-order valence-corrected chi connectivity index (χ2v) is 3.78. The zero-order valence-corrected chi connectivity index (χ0v) is 9.64. The van der Waals surface area contributed by atoms with Gasteiger partial charge in [0.25, 0.3) is 0 Å². The van der Waals surface area contributed by atoms with Crippen LogP contribution >= 0.6 is 15.9 Å². The molecular formula is C9H9BrF3NO2. The van der Waals surface area contributed by atoms with E-state index in [1.807, 2.05) is 0 Å². The van der Waals surface area contributed by atoms with Crippen LogP contribution in [-0.4, -0.2) is 19.6 Å². The maximum absolute atomic E-state index is 11.6. The molecule has 0 aliphatic carbocycles. The fourth-order valence-electron chi connectivity index (χ4n) is 0.985. The van der Waals surface area contributed by atoms with Crippen molar-refractivity contribution in [3.63, 3.8) is 0 Å². The molecule has 2 N–H and O–H groups in total. The Morgan fingerprint density at radius 2 is 1.88 bits per heavy atom. The molecule has 0 radical (unpaired) electrons. The molecule has 0 aliphatic heterocycles. The smallest absolute Gasteiger partial charge is 0.491 e. The highest BCUT2D eigenvalue weighted by Gasteiger charge is 2.28. The number of alkyl halides is 3. The van der Waals surface area contributed by atoms with Gasteiger partial charge in [-0.1, -0.05) is 15.9 Å². The second-order valence-electron chi connectivity index (χ2n) is 2.86. The Morgan fingerprint density at radius 3 is 2.44 bits per heavy atom. The van der Waals surface area contributed by atoms with Crippen molar-refractivity contribution in [1.29, 1.82) is 0 Å². The van der Waals surface area contributed by atoms with Crippen molar-refractivity contribution in [2.45, 2.75) is 6.36 Å². The number of rotatable bonds is 4. The maximum atomic E-state index is 11.6. The van der Waals surface area contributed by atoms with E-state index in [0.717, 1.165) is 0 Å². The summed E-state index contributed by atoms with van der Waals surface area (Å²) in [5.74, 6) is 0.387. The topological polar surface area (TPSA) is 44.5 Å². The van der Waals surface area contributed by atoms with E-state index in [-0.39, 0.29) is 6.61 Å². The van der Waals surface area contributed by atoms with Crippen molar-refractivity contribution in [3.8, 4) is 5.75 Å². The summed E-state index contributed by atoms with van der Waals surface area (Å²) in [6.45, 7) is -0.759. The van der Waals surface area contributed by atoms with E-state index < -0.39 is 13.0 Å². The number of nitrogens with two attached hydrogens (primary N) is 1. The van der Waals surface area contributed by atoms with Gasteiger partial charge >= 0.3 is 6.36 Å². The third-order valence-corrected chi connectivity index (χ3v) is 1.97. The Morgan fingerprint density at radius 1 is 1.19 bits per heavy atom. The van der Waals surface area contributed by atoms with Gasteiger partial charge in [-0.25, -0.2) is 0 Å². The van der Waals surface area contributed by atoms with Crippen molar-refractivity contribution in [2.24, 2.45) is 0 Å². The average Bonchev–Trinajstić information content (AvgIpc) is 2.09. The van der Waals surface area contributed by atoms with Gasteiger partial charge in [0.1, 0.15) is 12.4 Å². The predicted octanol–water partition coefficient (Wildman–Crippen LogP) is 2.95. The van der Waals surface area contributed by atoms with Gasteiger partial charge in [-0.2, -0.15) is 0 Å². The monoisotopic (exact) mass is 299 g/mol. The quantitative estimate of drug-likeness (QED) is 0.687. The van der Waals surface area contributed by atoms with Crippen molar-refractivity contribution in [3.05, 3.63) is 22.7 Å². The first kappa shape index (κ1) is 13.1. The van der Waals surface area contributed by atoms with Crippen molar-refractivity contribution in [2.75, 3.05) is 18.9 Å². The summed E-state index contributed by atoms with van der Waals surface area (Å²) in [5.41, 5.74) is 5.97. The lowest BCUT2D eigenvalue weighted by Gasteiger charge is -2.09. The molecule has 1 aromatic carbocycles. The highest BCUT2D eigenvalue weighted by Crippen LogP contribution is 2.23. The van der Waals surface area contributed by atoms with Crippen LogP contribution in [0.15, 0.2) is 22.7 Å². The lowest BCUT2D eigenvalue weighted by Crippen LogP contribution is -2.18. The van der Waals surface area contributed by atoms with Gasteiger partial charge in [0.2, 0.25) is 0 Å². The lowest BCUT2D eigenvalue weighted by atomic mass is 10.3.